The highest BCUT2D eigenvalue weighted by atomic mass is 35.5. The number of carbonyl (C=O) groups is 1. The number of methoxy groups -OCH3 is 1. The number of amides is 2. The molecule has 0 unspecified atom stereocenters. The van der Waals surface area contributed by atoms with Crippen molar-refractivity contribution in [1.29, 1.82) is 0 Å². The number of carbonyl (C=O) groups excluding carboxylic acids is 1. The van der Waals surface area contributed by atoms with E-state index < -0.39 is 0 Å². The van der Waals surface area contributed by atoms with E-state index in [1.165, 1.54) is 0 Å². The van der Waals surface area contributed by atoms with Crippen molar-refractivity contribution in [2.75, 3.05) is 13.7 Å². The lowest BCUT2D eigenvalue weighted by Gasteiger charge is -2.11. The highest BCUT2D eigenvalue weighted by Gasteiger charge is 2.04. The molecule has 0 bridgehead atoms. The van der Waals surface area contributed by atoms with E-state index in [-0.39, 0.29) is 12.1 Å². The average molecular weight is 271 g/mol. The summed E-state index contributed by atoms with van der Waals surface area (Å²) in [6, 6.07) is 5.51. The quantitative estimate of drug-likeness (QED) is 0.864. The van der Waals surface area contributed by atoms with Gasteiger partial charge < -0.3 is 15.4 Å². The number of hydrogen-bond acceptors (Lipinski definition) is 2. The summed E-state index contributed by atoms with van der Waals surface area (Å²) in [6.45, 7) is 4.38. The van der Waals surface area contributed by atoms with E-state index in [2.05, 4.69) is 10.6 Å². The van der Waals surface area contributed by atoms with Gasteiger partial charge in [0.15, 0.2) is 0 Å². The molecule has 1 rings (SSSR count). The summed E-state index contributed by atoms with van der Waals surface area (Å²) >= 11 is 6.10. The predicted molar refractivity (Wildman–Crippen MR) is 73.4 cm³/mol. The summed E-state index contributed by atoms with van der Waals surface area (Å²) in [4.78, 5) is 11.4. The van der Waals surface area contributed by atoms with Gasteiger partial charge in [-0.3, -0.25) is 0 Å². The van der Waals surface area contributed by atoms with Crippen molar-refractivity contribution in [1.82, 2.24) is 10.6 Å². The maximum atomic E-state index is 11.4. The third-order valence-corrected chi connectivity index (χ3v) is 2.71. The molecule has 1 aromatic rings. The van der Waals surface area contributed by atoms with Gasteiger partial charge in [-0.25, -0.2) is 4.79 Å². The van der Waals surface area contributed by atoms with Crippen LogP contribution in [0.25, 0.3) is 0 Å². The van der Waals surface area contributed by atoms with Gasteiger partial charge in [-0.1, -0.05) is 17.7 Å². The molecule has 0 saturated heterocycles. The molecule has 0 fully saturated rings. The minimum atomic E-state index is -0.158. The summed E-state index contributed by atoms with van der Waals surface area (Å²) in [5.41, 5.74) is 0.988. The minimum Gasteiger partial charge on any atom is -0.497 e. The zero-order valence-corrected chi connectivity index (χ0v) is 11.7. The zero-order valence-electron chi connectivity index (χ0n) is 10.9. The van der Waals surface area contributed by atoms with Crippen LogP contribution in [0.4, 0.5) is 4.79 Å². The van der Waals surface area contributed by atoms with E-state index in [4.69, 9.17) is 16.3 Å². The number of ether oxygens (including phenoxy) is 1. The van der Waals surface area contributed by atoms with Crippen molar-refractivity contribution in [3.05, 3.63) is 28.8 Å². The van der Waals surface area contributed by atoms with Crippen molar-refractivity contribution >= 4 is 17.6 Å². The van der Waals surface area contributed by atoms with Crippen LogP contribution < -0.4 is 15.4 Å². The molecule has 4 nitrogen and oxygen atoms in total. The number of benzene rings is 1. The van der Waals surface area contributed by atoms with E-state index >= 15 is 0 Å². The van der Waals surface area contributed by atoms with Crippen LogP contribution in [0.2, 0.25) is 5.02 Å². The summed E-state index contributed by atoms with van der Waals surface area (Å²) in [7, 11) is 1.60. The molecule has 0 spiro atoms. The Kier molecular flexibility index (Phi) is 5.78. The first-order valence-electron chi connectivity index (χ1n) is 5.89. The first-order chi connectivity index (χ1) is 8.52. The third-order valence-electron chi connectivity index (χ3n) is 2.36. The SMILES string of the molecule is COc1ccc(CCNC(=O)NC(C)C)c(Cl)c1. The molecule has 0 heterocycles. The number of rotatable bonds is 5. The highest BCUT2D eigenvalue weighted by molar-refractivity contribution is 6.31. The minimum absolute atomic E-state index is 0.134. The average Bonchev–Trinajstić information content (AvgIpc) is 2.30. The number of urea groups is 1. The Balaban J connectivity index is 2.42. The molecule has 0 aliphatic rings. The van der Waals surface area contributed by atoms with Crippen LogP contribution in [0.15, 0.2) is 18.2 Å². The second kappa shape index (κ2) is 7.11. The van der Waals surface area contributed by atoms with Gasteiger partial charge in [0.05, 0.1) is 7.11 Å². The van der Waals surface area contributed by atoms with Gasteiger partial charge in [0, 0.05) is 17.6 Å². The molecule has 2 N–H and O–H groups in total. The Bertz CT molecular complexity index is 408. The lowest BCUT2D eigenvalue weighted by molar-refractivity contribution is 0.238. The summed E-state index contributed by atoms with van der Waals surface area (Å²) in [6.07, 6.45) is 0.689. The molecular formula is C13H19ClN2O2. The fourth-order valence-corrected chi connectivity index (χ4v) is 1.75. The maximum Gasteiger partial charge on any atom is 0.314 e. The van der Waals surface area contributed by atoms with Gasteiger partial charge in [0.1, 0.15) is 5.75 Å². The van der Waals surface area contributed by atoms with Crippen LogP contribution in [-0.4, -0.2) is 25.7 Å². The molecule has 5 heteroatoms. The van der Waals surface area contributed by atoms with Crippen molar-refractivity contribution in [2.45, 2.75) is 26.3 Å². The Labute approximate surface area is 113 Å². The van der Waals surface area contributed by atoms with Gasteiger partial charge in [-0.15, -0.1) is 0 Å². The van der Waals surface area contributed by atoms with E-state index in [0.29, 0.717) is 18.0 Å². The highest BCUT2D eigenvalue weighted by Crippen LogP contribution is 2.22. The van der Waals surface area contributed by atoms with Gasteiger partial charge in [-0.2, -0.15) is 0 Å². The predicted octanol–water partition coefficient (Wildman–Crippen LogP) is 2.60. The zero-order chi connectivity index (χ0) is 13.5. The van der Waals surface area contributed by atoms with Crippen LogP contribution in [0.1, 0.15) is 19.4 Å². The summed E-state index contributed by atoms with van der Waals surface area (Å²) in [5, 5.41) is 6.19. The first kappa shape index (κ1) is 14.6. The maximum absolute atomic E-state index is 11.4. The first-order valence-corrected chi connectivity index (χ1v) is 6.27. The van der Waals surface area contributed by atoms with E-state index in [1.807, 2.05) is 26.0 Å². The van der Waals surface area contributed by atoms with Gasteiger partial charge in [0.2, 0.25) is 0 Å². The second-order valence-electron chi connectivity index (χ2n) is 4.26. The van der Waals surface area contributed by atoms with Crippen LogP contribution in [0.5, 0.6) is 5.75 Å². The van der Waals surface area contributed by atoms with Crippen LogP contribution >= 0.6 is 11.6 Å². The Morgan fingerprint density at radius 3 is 2.72 bits per heavy atom. The van der Waals surface area contributed by atoms with E-state index in [9.17, 15) is 4.79 Å². The topological polar surface area (TPSA) is 50.4 Å². The van der Waals surface area contributed by atoms with Crippen molar-refractivity contribution in [2.24, 2.45) is 0 Å². The summed E-state index contributed by atoms with van der Waals surface area (Å²) < 4.78 is 5.07. The lowest BCUT2D eigenvalue weighted by Crippen LogP contribution is -2.40. The smallest absolute Gasteiger partial charge is 0.314 e. The molecule has 0 radical (unpaired) electrons. The molecule has 100 valence electrons. The fourth-order valence-electron chi connectivity index (χ4n) is 1.48. The van der Waals surface area contributed by atoms with Crippen molar-refractivity contribution in [3.8, 4) is 5.75 Å². The van der Waals surface area contributed by atoms with Gasteiger partial charge >= 0.3 is 6.03 Å². The lowest BCUT2D eigenvalue weighted by atomic mass is 10.1. The molecule has 18 heavy (non-hydrogen) atoms. The van der Waals surface area contributed by atoms with Crippen LogP contribution in [0, 0.1) is 0 Å². The normalized spacial score (nSPS) is 10.3. The molecule has 0 aliphatic heterocycles. The Morgan fingerprint density at radius 1 is 1.44 bits per heavy atom. The molecule has 0 atom stereocenters. The number of halogens is 1. The molecule has 2 amide bonds. The van der Waals surface area contributed by atoms with Gasteiger partial charge in [-0.05, 0) is 38.0 Å². The molecular weight excluding hydrogens is 252 g/mol. The largest absolute Gasteiger partial charge is 0.497 e. The summed E-state index contributed by atoms with van der Waals surface area (Å²) in [5.74, 6) is 0.731. The van der Waals surface area contributed by atoms with Crippen molar-refractivity contribution in [3.63, 3.8) is 0 Å². The second-order valence-corrected chi connectivity index (χ2v) is 4.67. The van der Waals surface area contributed by atoms with E-state index in [0.717, 1.165) is 11.3 Å². The molecule has 1 aromatic carbocycles. The number of hydrogen-bond donors (Lipinski definition) is 2. The Hall–Kier alpha value is -1.42. The third kappa shape index (κ3) is 4.84. The molecule has 0 aromatic heterocycles. The van der Waals surface area contributed by atoms with Crippen LogP contribution in [-0.2, 0) is 6.42 Å². The van der Waals surface area contributed by atoms with E-state index in [1.54, 1.807) is 13.2 Å². The Morgan fingerprint density at radius 2 is 2.17 bits per heavy atom. The molecule has 0 aliphatic carbocycles. The van der Waals surface area contributed by atoms with Gasteiger partial charge in [0.25, 0.3) is 0 Å². The fraction of sp³-hybridized carbons (Fsp3) is 0.462. The standard InChI is InChI=1S/C13H19ClN2O2/c1-9(2)16-13(17)15-7-6-10-4-5-11(18-3)8-12(10)14/h4-5,8-9H,6-7H2,1-3H3,(H2,15,16,17). The monoisotopic (exact) mass is 270 g/mol. The van der Waals surface area contributed by atoms with Crippen molar-refractivity contribution < 1.29 is 9.53 Å². The van der Waals surface area contributed by atoms with Crippen LogP contribution in [0.3, 0.4) is 0 Å². The molecule has 0 saturated carbocycles. The number of nitrogens with one attached hydrogen (secondary N) is 2.